The van der Waals surface area contributed by atoms with Crippen molar-refractivity contribution in [3.8, 4) is 0 Å². The van der Waals surface area contributed by atoms with Crippen molar-refractivity contribution in [2.24, 2.45) is 5.73 Å². The largest absolute Gasteiger partial charge is 0.382 e. The summed E-state index contributed by atoms with van der Waals surface area (Å²) in [6.07, 6.45) is 0.634. The third kappa shape index (κ3) is 2.84. The molecule has 2 atom stereocenters. The maximum Gasteiger partial charge on any atom is 0.247 e. The van der Waals surface area contributed by atoms with E-state index in [1.54, 1.807) is 17.5 Å². The summed E-state index contributed by atoms with van der Waals surface area (Å²) in [5.74, 6) is -0.721. The number of primary amides is 1. The van der Waals surface area contributed by atoms with Crippen molar-refractivity contribution in [2.75, 3.05) is 6.54 Å². The maximum atomic E-state index is 10.7. The van der Waals surface area contributed by atoms with Crippen LogP contribution >= 0.6 is 11.3 Å². The van der Waals surface area contributed by atoms with Gasteiger partial charge in [-0.2, -0.15) is 0 Å². The number of aliphatic hydroxyl groups excluding tert-OH is 1. The number of fused-ring (bicyclic) bond motifs is 1. The summed E-state index contributed by atoms with van der Waals surface area (Å²) in [6, 6.07) is 4.03. The van der Waals surface area contributed by atoms with E-state index in [1.807, 2.05) is 18.4 Å². The number of carbonyl (C=O) groups is 1. The SMILES string of the molecule is CC(NCC(O)C(N)=O)c1cnc2ccsc2c1. The fourth-order valence-corrected chi connectivity index (χ4v) is 2.39. The molecule has 0 radical (unpaired) electrons. The Balaban J connectivity index is 2.03. The van der Waals surface area contributed by atoms with Crippen LogP contribution in [-0.2, 0) is 4.79 Å². The first-order valence-corrected chi connectivity index (χ1v) is 6.50. The van der Waals surface area contributed by atoms with Crippen LogP contribution in [0.15, 0.2) is 23.7 Å². The van der Waals surface area contributed by atoms with Gasteiger partial charge in [-0.05, 0) is 30.0 Å². The lowest BCUT2D eigenvalue weighted by Crippen LogP contribution is -2.38. The molecule has 0 aliphatic carbocycles. The predicted molar refractivity (Wildman–Crippen MR) is 71.2 cm³/mol. The maximum absolute atomic E-state index is 10.7. The molecule has 0 saturated heterocycles. The van der Waals surface area contributed by atoms with E-state index >= 15 is 0 Å². The van der Waals surface area contributed by atoms with Crippen LogP contribution in [0, 0.1) is 0 Å². The van der Waals surface area contributed by atoms with Crippen LogP contribution in [0.1, 0.15) is 18.5 Å². The van der Waals surface area contributed by atoms with Crippen molar-refractivity contribution in [2.45, 2.75) is 19.1 Å². The highest BCUT2D eigenvalue weighted by Crippen LogP contribution is 2.22. The Morgan fingerprint density at radius 1 is 1.67 bits per heavy atom. The van der Waals surface area contributed by atoms with Crippen LogP contribution < -0.4 is 11.1 Å². The van der Waals surface area contributed by atoms with Gasteiger partial charge in [-0.25, -0.2) is 0 Å². The van der Waals surface area contributed by atoms with Gasteiger partial charge in [0.15, 0.2) is 0 Å². The molecular weight excluding hydrogens is 250 g/mol. The molecule has 0 aliphatic heterocycles. The number of hydrogen-bond acceptors (Lipinski definition) is 5. The summed E-state index contributed by atoms with van der Waals surface area (Å²) in [4.78, 5) is 15.1. The molecule has 18 heavy (non-hydrogen) atoms. The Labute approximate surface area is 109 Å². The average Bonchev–Trinajstić information content (AvgIpc) is 2.82. The number of aromatic nitrogens is 1. The first kappa shape index (κ1) is 12.9. The molecule has 2 aromatic rings. The van der Waals surface area contributed by atoms with Gasteiger partial charge in [0, 0.05) is 18.8 Å². The zero-order valence-corrected chi connectivity index (χ0v) is 10.8. The number of pyridine rings is 1. The Kier molecular flexibility index (Phi) is 3.90. The molecule has 1 amide bonds. The van der Waals surface area contributed by atoms with Crippen LogP contribution in [0.3, 0.4) is 0 Å². The molecule has 2 aromatic heterocycles. The van der Waals surface area contributed by atoms with Crippen molar-refractivity contribution in [3.63, 3.8) is 0 Å². The summed E-state index contributed by atoms with van der Waals surface area (Å²) >= 11 is 1.63. The van der Waals surface area contributed by atoms with E-state index in [9.17, 15) is 9.90 Å². The highest BCUT2D eigenvalue weighted by atomic mass is 32.1. The van der Waals surface area contributed by atoms with Crippen LogP contribution in [0.4, 0.5) is 0 Å². The summed E-state index contributed by atoms with van der Waals surface area (Å²) < 4.78 is 1.12. The second-order valence-corrected chi connectivity index (χ2v) is 5.07. The Morgan fingerprint density at radius 3 is 3.17 bits per heavy atom. The van der Waals surface area contributed by atoms with Crippen LogP contribution in [-0.4, -0.2) is 28.6 Å². The van der Waals surface area contributed by atoms with Gasteiger partial charge in [-0.15, -0.1) is 11.3 Å². The molecule has 2 rings (SSSR count). The smallest absolute Gasteiger partial charge is 0.247 e. The quantitative estimate of drug-likeness (QED) is 0.746. The van der Waals surface area contributed by atoms with Crippen molar-refractivity contribution in [1.82, 2.24) is 10.3 Å². The zero-order chi connectivity index (χ0) is 13.1. The topological polar surface area (TPSA) is 88.2 Å². The average molecular weight is 265 g/mol. The monoisotopic (exact) mass is 265 g/mol. The van der Waals surface area contributed by atoms with E-state index in [2.05, 4.69) is 16.4 Å². The molecule has 0 bridgehead atoms. The highest BCUT2D eigenvalue weighted by molar-refractivity contribution is 7.17. The number of nitrogens with one attached hydrogen (secondary N) is 1. The second-order valence-electron chi connectivity index (χ2n) is 4.12. The Bertz CT molecular complexity index is 555. The van der Waals surface area contributed by atoms with Crippen LogP contribution in [0.2, 0.25) is 0 Å². The lowest BCUT2D eigenvalue weighted by molar-refractivity contribution is -0.125. The minimum Gasteiger partial charge on any atom is -0.382 e. The summed E-state index contributed by atoms with van der Waals surface area (Å²) in [5, 5.41) is 14.4. The number of amides is 1. The van der Waals surface area contributed by atoms with Gasteiger partial charge in [-0.3, -0.25) is 9.78 Å². The Hall–Kier alpha value is -1.50. The molecular formula is C12H15N3O2S. The normalized spacial score (nSPS) is 14.6. The lowest BCUT2D eigenvalue weighted by Gasteiger charge is -2.15. The van der Waals surface area contributed by atoms with Gasteiger partial charge in [-0.1, -0.05) is 0 Å². The predicted octanol–water partition coefficient (Wildman–Crippen LogP) is 0.793. The lowest BCUT2D eigenvalue weighted by atomic mass is 10.1. The van der Waals surface area contributed by atoms with Gasteiger partial charge in [0.2, 0.25) is 5.91 Å². The molecule has 0 aromatic carbocycles. The molecule has 0 spiro atoms. The highest BCUT2D eigenvalue weighted by Gasteiger charge is 2.13. The van der Waals surface area contributed by atoms with E-state index in [0.29, 0.717) is 0 Å². The van der Waals surface area contributed by atoms with Crippen molar-refractivity contribution < 1.29 is 9.90 Å². The first-order valence-electron chi connectivity index (χ1n) is 5.62. The summed E-state index contributed by atoms with van der Waals surface area (Å²) in [7, 11) is 0. The molecule has 4 N–H and O–H groups in total. The number of nitrogens with zero attached hydrogens (tertiary/aromatic N) is 1. The van der Waals surface area contributed by atoms with Crippen molar-refractivity contribution in [3.05, 3.63) is 29.3 Å². The van der Waals surface area contributed by atoms with E-state index in [-0.39, 0.29) is 12.6 Å². The molecule has 0 fully saturated rings. The number of nitrogens with two attached hydrogens (primary N) is 1. The van der Waals surface area contributed by atoms with E-state index in [0.717, 1.165) is 15.8 Å². The fourth-order valence-electron chi connectivity index (χ4n) is 1.61. The third-order valence-electron chi connectivity index (χ3n) is 2.77. The van der Waals surface area contributed by atoms with Gasteiger partial charge < -0.3 is 16.2 Å². The molecule has 6 heteroatoms. The number of thiophene rings is 1. The molecule has 2 heterocycles. The second kappa shape index (κ2) is 5.43. The zero-order valence-electron chi connectivity index (χ0n) is 9.96. The molecule has 2 unspecified atom stereocenters. The van der Waals surface area contributed by atoms with Crippen molar-refractivity contribution >= 4 is 27.5 Å². The van der Waals surface area contributed by atoms with Gasteiger partial charge >= 0.3 is 0 Å². The molecule has 5 nitrogen and oxygen atoms in total. The number of aliphatic hydroxyl groups is 1. The number of rotatable bonds is 5. The van der Waals surface area contributed by atoms with Gasteiger partial charge in [0.25, 0.3) is 0 Å². The fraction of sp³-hybridized carbons (Fsp3) is 0.333. The Morgan fingerprint density at radius 2 is 2.44 bits per heavy atom. The standard InChI is InChI=1S/C12H15N3O2S/c1-7(14-6-10(16)12(13)17)8-4-11-9(15-5-8)2-3-18-11/h2-5,7,10,14,16H,6H2,1H3,(H2,13,17). The van der Waals surface area contributed by atoms with Crippen LogP contribution in [0.5, 0.6) is 0 Å². The summed E-state index contributed by atoms with van der Waals surface area (Å²) in [5.41, 5.74) is 6.98. The van der Waals surface area contributed by atoms with Crippen LogP contribution in [0.25, 0.3) is 10.2 Å². The minimum absolute atomic E-state index is 0.00185. The number of carbonyl (C=O) groups excluding carboxylic acids is 1. The molecule has 0 aliphatic rings. The minimum atomic E-state index is -1.16. The van der Waals surface area contributed by atoms with Gasteiger partial charge in [0.1, 0.15) is 6.10 Å². The molecule has 0 saturated carbocycles. The van der Waals surface area contributed by atoms with E-state index in [1.165, 1.54) is 0 Å². The summed E-state index contributed by atoms with van der Waals surface area (Å²) in [6.45, 7) is 2.09. The third-order valence-corrected chi connectivity index (χ3v) is 3.62. The van der Waals surface area contributed by atoms with Gasteiger partial charge in [0.05, 0.1) is 10.2 Å². The van der Waals surface area contributed by atoms with E-state index < -0.39 is 12.0 Å². The molecule has 96 valence electrons. The number of hydrogen-bond donors (Lipinski definition) is 3. The van der Waals surface area contributed by atoms with Crippen molar-refractivity contribution in [1.29, 1.82) is 0 Å². The van der Waals surface area contributed by atoms with E-state index in [4.69, 9.17) is 5.73 Å². The first-order chi connectivity index (χ1) is 8.58.